The summed E-state index contributed by atoms with van der Waals surface area (Å²) in [6.45, 7) is 5.77. The Kier molecular flexibility index (Phi) is 22.7. The maximum Gasteiger partial charge on any atom is 0.399 e. The summed E-state index contributed by atoms with van der Waals surface area (Å²) >= 11 is 0. The van der Waals surface area contributed by atoms with E-state index in [2.05, 4.69) is 32.8 Å². The third-order valence-electron chi connectivity index (χ3n) is 5.17. The molecule has 1 amide bonds. The fraction of sp³-hybridized carbons (Fsp3) is 0.875. The van der Waals surface area contributed by atoms with E-state index in [9.17, 15) is 18.3 Å². The van der Waals surface area contributed by atoms with Gasteiger partial charge in [-0.3, -0.25) is 13.2 Å². The molecule has 0 radical (unpaired) electrons. The molecule has 1 unspecified atom stereocenters. The molecule has 192 valence electrons. The second-order valence-electron chi connectivity index (χ2n) is 8.25. The van der Waals surface area contributed by atoms with E-state index in [-0.39, 0.29) is 5.91 Å². The van der Waals surface area contributed by atoms with Gasteiger partial charge in [0.25, 0.3) is 0 Å². The molecule has 0 aliphatic carbocycles. The number of hydrogen-bond donors (Lipinski definition) is 2. The SMILES string of the molecule is CCCCCCCC/C=C\CCCCCCCC(=O)NC(C)(O)CC.COS(=O)(=O)OC. The number of carbonyl (C=O) groups excluding carboxylic acids is 1. The van der Waals surface area contributed by atoms with E-state index in [0.717, 1.165) is 27.1 Å². The van der Waals surface area contributed by atoms with Gasteiger partial charge in [0.1, 0.15) is 5.72 Å². The molecule has 0 spiro atoms. The molecule has 0 heterocycles. The van der Waals surface area contributed by atoms with Gasteiger partial charge in [0.15, 0.2) is 0 Å². The third-order valence-corrected chi connectivity index (χ3v) is 5.99. The summed E-state index contributed by atoms with van der Waals surface area (Å²) in [5.74, 6) is -0.0375. The average molecular weight is 480 g/mol. The number of rotatable bonds is 19. The lowest BCUT2D eigenvalue weighted by Crippen LogP contribution is -2.45. The van der Waals surface area contributed by atoms with Gasteiger partial charge >= 0.3 is 10.4 Å². The monoisotopic (exact) mass is 479 g/mol. The first-order valence-corrected chi connectivity index (χ1v) is 13.5. The first-order valence-electron chi connectivity index (χ1n) is 12.2. The van der Waals surface area contributed by atoms with Crippen LogP contribution in [0.1, 0.15) is 117 Å². The first-order chi connectivity index (χ1) is 15.1. The standard InChI is InChI=1S/C22H43NO2.C2H6O4S/c1-4-6-7-8-9-10-11-12-13-14-15-16-17-18-19-20-21(24)23-22(3,25)5-2;1-5-7(3,4)6-2/h12-13,25H,4-11,14-20H2,1-3H3,(H,23,24);1-2H3/b13-12-;. The van der Waals surface area contributed by atoms with Crippen LogP contribution in [-0.4, -0.2) is 39.4 Å². The number of hydrogen-bond acceptors (Lipinski definition) is 6. The molecule has 0 saturated carbocycles. The van der Waals surface area contributed by atoms with Gasteiger partial charge in [-0.2, -0.15) is 8.42 Å². The molecule has 8 heteroatoms. The second-order valence-corrected chi connectivity index (χ2v) is 9.73. The van der Waals surface area contributed by atoms with Crippen molar-refractivity contribution in [2.45, 2.75) is 123 Å². The molecule has 2 N–H and O–H groups in total. The zero-order valence-electron chi connectivity index (χ0n) is 21.2. The van der Waals surface area contributed by atoms with E-state index in [1.807, 2.05) is 6.92 Å². The fourth-order valence-corrected chi connectivity index (χ4v) is 3.01. The van der Waals surface area contributed by atoms with Gasteiger partial charge < -0.3 is 10.4 Å². The minimum Gasteiger partial charge on any atom is -0.371 e. The predicted octanol–water partition coefficient (Wildman–Crippen LogP) is 5.78. The van der Waals surface area contributed by atoms with Crippen LogP contribution in [0.3, 0.4) is 0 Å². The Hall–Kier alpha value is -0.960. The van der Waals surface area contributed by atoms with Gasteiger partial charge in [-0.05, 0) is 45.4 Å². The molecule has 0 aromatic heterocycles. The third kappa shape index (κ3) is 25.3. The van der Waals surface area contributed by atoms with E-state index < -0.39 is 16.1 Å². The lowest BCUT2D eigenvalue weighted by atomic mass is 10.1. The molecular formula is C24H49NO6S. The Morgan fingerprint density at radius 1 is 0.844 bits per heavy atom. The Morgan fingerprint density at radius 3 is 1.69 bits per heavy atom. The lowest BCUT2D eigenvalue weighted by molar-refractivity contribution is -0.128. The van der Waals surface area contributed by atoms with Crippen molar-refractivity contribution in [3.05, 3.63) is 12.2 Å². The topological polar surface area (TPSA) is 102 Å². The van der Waals surface area contributed by atoms with Gasteiger partial charge in [0.05, 0.1) is 14.2 Å². The summed E-state index contributed by atoms with van der Waals surface area (Å²) in [6, 6.07) is 0. The van der Waals surface area contributed by atoms with Crippen LogP contribution in [0.2, 0.25) is 0 Å². The second kappa shape index (κ2) is 21.9. The van der Waals surface area contributed by atoms with E-state index in [0.29, 0.717) is 12.8 Å². The minimum absolute atomic E-state index is 0.0375. The summed E-state index contributed by atoms with van der Waals surface area (Å²) in [4.78, 5) is 11.7. The number of unbranched alkanes of at least 4 members (excludes halogenated alkanes) is 11. The molecule has 1 atom stereocenters. The smallest absolute Gasteiger partial charge is 0.371 e. The van der Waals surface area contributed by atoms with Crippen LogP contribution in [0.15, 0.2) is 12.2 Å². The molecule has 32 heavy (non-hydrogen) atoms. The molecule has 7 nitrogen and oxygen atoms in total. The van der Waals surface area contributed by atoms with Crippen molar-refractivity contribution < 1.29 is 26.7 Å². The van der Waals surface area contributed by atoms with Gasteiger partial charge in [-0.1, -0.05) is 77.4 Å². The van der Waals surface area contributed by atoms with Gasteiger partial charge in [-0.15, -0.1) is 0 Å². The number of amides is 1. The highest BCUT2D eigenvalue weighted by Gasteiger charge is 2.19. The van der Waals surface area contributed by atoms with Crippen molar-refractivity contribution in [3.63, 3.8) is 0 Å². The number of aliphatic hydroxyl groups is 1. The quantitative estimate of drug-likeness (QED) is 0.138. The number of carbonyl (C=O) groups is 1. The van der Waals surface area contributed by atoms with Gasteiger partial charge in [0, 0.05) is 6.42 Å². The molecule has 0 fully saturated rings. The molecule has 0 aromatic carbocycles. The summed E-state index contributed by atoms with van der Waals surface area (Å²) in [6.07, 6.45) is 22.1. The number of allylic oxidation sites excluding steroid dienone is 2. The Morgan fingerprint density at radius 2 is 1.28 bits per heavy atom. The maximum absolute atomic E-state index is 11.7. The van der Waals surface area contributed by atoms with Crippen molar-refractivity contribution in [1.29, 1.82) is 0 Å². The van der Waals surface area contributed by atoms with E-state index in [4.69, 9.17) is 0 Å². The Labute approximate surface area is 197 Å². The summed E-state index contributed by atoms with van der Waals surface area (Å²) in [5, 5.41) is 12.4. The average Bonchev–Trinajstić information content (AvgIpc) is 2.76. The normalized spacial score (nSPS) is 13.4. The summed E-state index contributed by atoms with van der Waals surface area (Å²) in [7, 11) is -1.60. The van der Waals surface area contributed by atoms with Crippen molar-refractivity contribution in [2.24, 2.45) is 0 Å². The zero-order chi connectivity index (χ0) is 24.7. The lowest BCUT2D eigenvalue weighted by Gasteiger charge is -2.22. The largest absolute Gasteiger partial charge is 0.399 e. The molecule has 0 saturated heterocycles. The number of nitrogens with one attached hydrogen (secondary N) is 1. The molecule has 0 aliphatic heterocycles. The van der Waals surface area contributed by atoms with E-state index in [1.165, 1.54) is 70.6 Å². The summed E-state index contributed by atoms with van der Waals surface area (Å²) < 4.78 is 27.5. The van der Waals surface area contributed by atoms with Gasteiger partial charge in [0.2, 0.25) is 5.91 Å². The minimum atomic E-state index is -3.66. The van der Waals surface area contributed by atoms with Crippen LogP contribution in [0, 0.1) is 0 Å². The first kappa shape index (κ1) is 33.2. The molecular weight excluding hydrogens is 430 g/mol. The van der Waals surface area contributed by atoms with Crippen LogP contribution < -0.4 is 5.32 Å². The Balaban J connectivity index is 0. The van der Waals surface area contributed by atoms with Crippen LogP contribution in [-0.2, 0) is 23.6 Å². The van der Waals surface area contributed by atoms with Crippen molar-refractivity contribution in [2.75, 3.05) is 14.2 Å². The van der Waals surface area contributed by atoms with Crippen molar-refractivity contribution in [3.8, 4) is 0 Å². The highest BCUT2D eigenvalue weighted by Crippen LogP contribution is 2.10. The van der Waals surface area contributed by atoms with Gasteiger partial charge in [-0.25, -0.2) is 0 Å². The van der Waals surface area contributed by atoms with Crippen LogP contribution >= 0.6 is 0 Å². The van der Waals surface area contributed by atoms with Crippen molar-refractivity contribution >= 4 is 16.3 Å². The molecule has 0 aromatic rings. The van der Waals surface area contributed by atoms with Crippen LogP contribution in [0.5, 0.6) is 0 Å². The predicted molar refractivity (Wildman–Crippen MR) is 131 cm³/mol. The highest BCUT2D eigenvalue weighted by atomic mass is 32.3. The Bertz CT molecular complexity index is 551. The zero-order valence-corrected chi connectivity index (χ0v) is 22.0. The molecule has 0 rings (SSSR count). The fourth-order valence-electron chi connectivity index (χ4n) is 2.88. The van der Waals surface area contributed by atoms with Crippen LogP contribution in [0.4, 0.5) is 0 Å². The maximum atomic E-state index is 11.7. The molecule has 0 aliphatic rings. The van der Waals surface area contributed by atoms with Crippen molar-refractivity contribution in [1.82, 2.24) is 5.32 Å². The highest BCUT2D eigenvalue weighted by molar-refractivity contribution is 7.81. The molecule has 0 bridgehead atoms. The van der Waals surface area contributed by atoms with E-state index >= 15 is 0 Å². The van der Waals surface area contributed by atoms with E-state index in [1.54, 1.807) is 6.92 Å². The summed E-state index contributed by atoms with van der Waals surface area (Å²) in [5.41, 5.74) is -1.06. The van der Waals surface area contributed by atoms with Crippen LogP contribution in [0.25, 0.3) is 0 Å².